The number of nitrogens with zero attached hydrogens (tertiary/aromatic N) is 3. The number of amides is 1. The molecule has 152 valence electrons. The number of fused-ring (bicyclic) bond motifs is 1. The van der Waals surface area contributed by atoms with Crippen LogP contribution in [0.2, 0.25) is 5.02 Å². The second-order valence-corrected chi connectivity index (χ2v) is 8.09. The van der Waals surface area contributed by atoms with E-state index >= 15 is 0 Å². The summed E-state index contributed by atoms with van der Waals surface area (Å²) in [5, 5.41) is 5.26. The van der Waals surface area contributed by atoms with Crippen LogP contribution < -0.4 is 5.73 Å². The van der Waals surface area contributed by atoms with Crippen LogP contribution in [-0.4, -0.2) is 39.7 Å². The highest BCUT2D eigenvalue weighted by atomic mass is 35.5. The minimum Gasteiger partial charge on any atom is -0.463 e. The van der Waals surface area contributed by atoms with Crippen LogP contribution in [0.3, 0.4) is 0 Å². The molecule has 1 aliphatic heterocycles. The number of carbonyl (C=O) groups excluding carboxylic acids is 1. The molecule has 3 unspecified atom stereocenters. The maximum atomic E-state index is 13.2. The van der Waals surface area contributed by atoms with E-state index in [-0.39, 0.29) is 24.4 Å². The van der Waals surface area contributed by atoms with Crippen molar-refractivity contribution in [2.75, 3.05) is 13.1 Å². The van der Waals surface area contributed by atoms with Gasteiger partial charge in [-0.25, -0.2) is 4.68 Å². The molecule has 2 N–H and O–H groups in total. The van der Waals surface area contributed by atoms with Crippen molar-refractivity contribution >= 4 is 29.9 Å². The first-order chi connectivity index (χ1) is 13.6. The molecule has 2 aromatic heterocycles. The molecule has 29 heavy (non-hydrogen) atoms. The number of halogens is 2. The lowest BCUT2D eigenvalue weighted by molar-refractivity contribution is 0.0773. The van der Waals surface area contributed by atoms with E-state index in [1.807, 2.05) is 29.2 Å². The number of nitrogens with two attached hydrogens (primary N) is 1. The van der Waals surface area contributed by atoms with Crippen LogP contribution in [0.25, 0.3) is 17.1 Å². The lowest BCUT2D eigenvalue weighted by Crippen LogP contribution is -2.33. The molecular formula is C21H22Cl2N4O2. The smallest absolute Gasteiger partial charge is 0.274 e. The summed E-state index contributed by atoms with van der Waals surface area (Å²) in [5.41, 5.74) is 8.18. The number of carbonyl (C=O) groups is 1. The van der Waals surface area contributed by atoms with Crippen LogP contribution in [0.4, 0.5) is 0 Å². The Morgan fingerprint density at radius 3 is 2.66 bits per heavy atom. The van der Waals surface area contributed by atoms with E-state index in [1.54, 1.807) is 29.1 Å². The van der Waals surface area contributed by atoms with Crippen molar-refractivity contribution in [1.29, 1.82) is 0 Å². The fourth-order valence-electron chi connectivity index (χ4n) is 4.50. The van der Waals surface area contributed by atoms with Crippen molar-refractivity contribution in [3.63, 3.8) is 0 Å². The van der Waals surface area contributed by atoms with Gasteiger partial charge in [-0.3, -0.25) is 4.79 Å². The Bertz CT molecular complexity index is 1000. The van der Waals surface area contributed by atoms with Gasteiger partial charge in [0.2, 0.25) is 0 Å². The molecule has 3 heterocycles. The quantitative estimate of drug-likeness (QED) is 0.677. The number of aromatic nitrogens is 2. The number of benzene rings is 1. The average molecular weight is 433 g/mol. The molecule has 0 spiro atoms. The molecule has 1 saturated carbocycles. The molecule has 1 amide bonds. The highest BCUT2D eigenvalue weighted by Gasteiger charge is 2.43. The van der Waals surface area contributed by atoms with E-state index in [9.17, 15) is 4.79 Å². The van der Waals surface area contributed by atoms with Gasteiger partial charge < -0.3 is 15.1 Å². The molecule has 1 aliphatic carbocycles. The lowest BCUT2D eigenvalue weighted by Gasteiger charge is -2.17. The van der Waals surface area contributed by atoms with Crippen LogP contribution in [0, 0.1) is 11.8 Å². The monoisotopic (exact) mass is 432 g/mol. The summed E-state index contributed by atoms with van der Waals surface area (Å²) in [4.78, 5) is 15.1. The molecule has 1 aromatic carbocycles. The number of hydrogen-bond donors (Lipinski definition) is 1. The zero-order valence-electron chi connectivity index (χ0n) is 15.7. The minimum atomic E-state index is -0.0536. The van der Waals surface area contributed by atoms with Crippen LogP contribution in [0.1, 0.15) is 23.3 Å². The van der Waals surface area contributed by atoms with Gasteiger partial charge in [-0.05, 0) is 61.1 Å². The fourth-order valence-corrected chi connectivity index (χ4v) is 4.63. The fraction of sp³-hybridized carbons (Fsp3) is 0.333. The Balaban J connectivity index is 0.00000205. The highest BCUT2D eigenvalue weighted by Crippen LogP contribution is 2.37. The Morgan fingerprint density at radius 1 is 1.17 bits per heavy atom. The van der Waals surface area contributed by atoms with Gasteiger partial charge in [0.15, 0.2) is 11.5 Å². The van der Waals surface area contributed by atoms with Crippen molar-refractivity contribution in [2.45, 2.75) is 18.9 Å². The molecule has 0 radical (unpaired) electrons. The molecular weight excluding hydrogens is 411 g/mol. The van der Waals surface area contributed by atoms with Crippen LogP contribution >= 0.6 is 24.0 Å². The Kier molecular flexibility index (Phi) is 5.42. The molecule has 2 fully saturated rings. The van der Waals surface area contributed by atoms with Gasteiger partial charge in [-0.1, -0.05) is 11.6 Å². The summed E-state index contributed by atoms with van der Waals surface area (Å²) in [7, 11) is 0. The number of rotatable bonds is 3. The number of furan rings is 1. The number of likely N-dealkylation sites (tertiary alicyclic amines) is 1. The molecule has 1 saturated heterocycles. The van der Waals surface area contributed by atoms with Crippen LogP contribution in [-0.2, 0) is 0 Å². The summed E-state index contributed by atoms with van der Waals surface area (Å²) >= 11 is 6.02. The first-order valence-electron chi connectivity index (χ1n) is 9.55. The SMILES string of the molecule is Cl.NC1CCC2CN(C(=O)c3cc(-c4ccco4)n(-c4ccc(Cl)cc4)n3)CC12. The highest BCUT2D eigenvalue weighted by molar-refractivity contribution is 6.30. The first kappa shape index (κ1) is 20.0. The van der Waals surface area contributed by atoms with Gasteiger partial charge in [-0.15, -0.1) is 12.4 Å². The van der Waals surface area contributed by atoms with E-state index in [1.165, 1.54) is 0 Å². The zero-order valence-corrected chi connectivity index (χ0v) is 17.3. The third-order valence-corrected chi connectivity index (χ3v) is 6.22. The predicted molar refractivity (Wildman–Crippen MR) is 114 cm³/mol. The second-order valence-electron chi connectivity index (χ2n) is 7.66. The van der Waals surface area contributed by atoms with Crippen molar-refractivity contribution in [3.8, 4) is 17.1 Å². The van der Waals surface area contributed by atoms with Gasteiger partial charge in [-0.2, -0.15) is 5.10 Å². The van der Waals surface area contributed by atoms with Gasteiger partial charge >= 0.3 is 0 Å². The average Bonchev–Trinajstić information content (AvgIpc) is 3.47. The topological polar surface area (TPSA) is 77.3 Å². The molecule has 5 rings (SSSR count). The first-order valence-corrected chi connectivity index (χ1v) is 9.92. The molecule has 3 atom stereocenters. The summed E-state index contributed by atoms with van der Waals surface area (Å²) in [6, 6.07) is 13.0. The molecule has 3 aromatic rings. The molecule has 8 heteroatoms. The van der Waals surface area contributed by atoms with E-state index in [2.05, 4.69) is 5.10 Å². The van der Waals surface area contributed by atoms with Gasteiger partial charge in [0.1, 0.15) is 5.69 Å². The second kappa shape index (κ2) is 7.86. The van der Waals surface area contributed by atoms with E-state index in [0.29, 0.717) is 34.9 Å². The number of hydrogen-bond acceptors (Lipinski definition) is 4. The van der Waals surface area contributed by atoms with E-state index in [4.69, 9.17) is 21.8 Å². The van der Waals surface area contributed by atoms with Crippen molar-refractivity contribution in [3.05, 3.63) is 59.4 Å². The third-order valence-electron chi connectivity index (χ3n) is 5.97. The van der Waals surface area contributed by atoms with E-state index in [0.717, 1.165) is 30.8 Å². The summed E-state index contributed by atoms with van der Waals surface area (Å²) < 4.78 is 7.30. The Labute approximate surface area is 180 Å². The van der Waals surface area contributed by atoms with Gasteiger partial charge in [0.25, 0.3) is 5.91 Å². The molecule has 6 nitrogen and oxygen atoms in total. The Hall–Kier alpha value is -2.28. The maximum Gasteiger partial charge on any atom is 0.274 e. The van der Waals surface area contributed by atoms with Crippen molar-refractivity contribution in [1.82, 2.24) is 14.7 Å². The normalized spacial score (nSPS) is 23.1. The Morgan fingerprint density at radius 2 is 1.97 bits per heavy atom. The van der Waals surface area contributed by atoms with Crippen LogP contribution in [0.15, 0.2) is 53.1 Å². The predicted octanol–water partition coefficient (Wildman–Crippen LogP) is 4.02. The van der Waals surface area contributed by atoms with Crippen LogP contribution in [0.5, 0.6) is 0 Å². The van der Waals surface area contributed by atoms with Gasteiger partial charge in [0.05, 0.1) is 12.0 Å². The lowest BCUT2D eigenvalue weighted by atomic mass is 9.98. The molecule has 2 aliphatic rings. The summed E-state index contributed by atoms with van der Waals surface area (Å²) in [5.74, 6) is 1.53. The largest absolute Gasteiger partial charge is 0.463 e. The molecule has 0 bridgehead atoms. The van der Waals surface area contributed by atoms with E-state index < -0.39 is 0 Å². The summed E-state index contributed by atoms with van der Waals surface area (Å²) in [6.45, 7) is 1.48. The maximum absolute atomic E-state index is 13.2. The summed E-state index contributed by atoms with van der Waals surface area (Å²) in [6.07, 6.45) is 3.77. The van der Waals surface area contributed by atoms with Crippen molar-refractivity contribution in [2.24, 2.45) is 17.6 Å². The van der Waals surface area contributed by atoms with Crippen molar-refractivity contribution < 1.29 is 9.21 Å². The minimum absolute atomic E-state index is 0. The third kappa shape index (κ3) is 3.56. The van der Waals surface area contributed by atoms with Gasteiger partial charge in [0, 0.05) is 30.2 Å². The zero-order chi connectivity index (χ0) is 19.3. The standard InChI is InChI=1S/C21H21ClN4O2.ClH/c22-14-4-6-15(7-5-14)26-19(20-2-1-9-28-20)10-18(24-26)21(27)25-11-13-3-8-17(23)16(13)12-25;/h1-2,4-7,9-10,13,16-17H,3,8,11-12,23H2;1H.